The summed E-state index contributed by atoms with van der Waals surface area (Å²) in [6, 6.07) is 5.14. The molecule has 1 fully saturated rings. The van der Waals surface area contributed by atoms with E-state index in [1.54, 1.807) is 18.2 Å². The number of nitrogens with zero attached hydrogens (tertiary/aromatic N) is 1. The van der Waals surface area contributed by atoms with Crippen molar-refractivity contribution >= 4 is 34.8 Å². The van der Waals surface area contributed by atoms with Gasteiger partial charge in [-0.1, -0.05) is 29.3 Å². The van der Waals surface area contributed by atoms with Crippen molar-refractivity contribution in [2.75, 3.05) is 31.6 Å². The van der Waals surface area contributed by atoms with Crippen LogP contribution in [0.25, 0.3) is 0 Å². The molecule has 2 N–H and O–H groups in total. The molecular weight excluding hydrogens is 311 g/mol. The third-order valence-electron chi connectivity index (χ3n) is 3.79. The first-order chi connectivity index (χ1) is 10.1. The predicted octanol–water partition coefficient (Wildman–Crippen LogP) is 3.03. The van der Waals surface area contributed by atoms with Gasteiger partial charge in [-0.2, -0.15) is 0 Å². The van der Waals surface area contributed by atoms with Crippen molar-refractivity contribution in [3.8, 4) is 0 Å². The number of rotatable bonds is 6. The lowest BCUT2D eigenvalue weighted by Gasteiger charge is -2.16. The van der Waals surface area contributed by atoms with Crippen LogP contribution in [0.3, 0.4) is 0 Å². The molecule has 1 aliphatic rings. The van der Waals surface area contributed by atoms with Gasteiger partial charge in [0.25, 0.3) is 0 Å². The van der Waals surface area contributed by atoms with E-state index >= 15 is 0 Å². The number of benzene rings is 1. The molecule has 0 radical (unpaired) electrons. The van der Waals surface area contributed by atoms with Crippen LogP contribution in [0, 0.1) is 5.92 Å². The Morgan fingerprint density at radius 1 is 1.38 bits per heavy atom. The van der Waals surface area contributed by atoms with Gasteiger partial charge < -0.3 is 15.3 Å². The van der Waals surface area contributed by atoms with Gasteiger partial charge in [-0.15, -0.1) is 0 Å². The van der Waals surface area contributed by atoms with E-state index in [4.69, 9.17) is 28.3 Å². The molecule has 21 heavy (non-hydrogen) atoms. The monoisotopic (exact) mass is 330 g/mol. The average molecular weight is 331 g/mol. The number of para-hydroxylation sites is 1. The maximum atomic E-state index is 12.0. The fourth-order valence-corrected chi connectivity index (χ4v) is 3.10. The van der Waals surface area contributed by atoms with Crippen LogP contribution in [0.2, 0.25) is 10.0 Å². The van der Waals surface area contributed by atoms with Crippen molar-refractivity contribution in [2.45, 2.75) is 19.3 Å². The number of amides is 1. The van der Waals surface area contributed by atoms with Crippen LogP contribution in [0.1, 0.15) is 19.3 Å². The molecule has 1 amide bonds. The number of hydrogen-bond donors (Lipinski definition) is 2. The van der Waals surface area contributed by atoms with Crippen molar-refractivity contribution in [2.24, 2.45) is 5.92 Å². The second-order valence-electron chi connectivity index (χ2n) is 5.36. The molecule has 0 aliphatic carbocycles. The van der Waals surface area contributed by atoms with E-state index in [0.717, 1.165) is 32.5 Å². The number of carbonyl (C=O) groups is 1. The number of aliphatic hydroxyl groups excluding tert-OH is 1. The van der Waals surface area contributed by atoms with Crippen LogP contribution < -0.4 is 5.32 Å². The molecule has 1 aliphatic heterocycles. The summed E-state index contributed by atoms with van der Waals surface area (Å²) < 4.78 is 0. The molecule has 1 aromatic carbocycles. The summed E-state index contributed by atoms with van der Waals surface area (Å²) >= 11 is 12.0. The van der Waals surface area contributed by atoms with Gasteiger partial charge in [-0.05, 0) is 37.4 Å². The number of anilines is 1. The first kappa shape index (κ1) is 16.6. The Balaban J connectivity index is 1.78. The molecule has 0 aromatic heterocycles. The molecule has 1 atom stereocenters. The van der Waals surface area contributed by atoms with Crippen LogP contribution in [-0.4, -0.2) is 42.2 Å². The Labute approximate surface area is 135 Å². The summed E-state index contributed by atoms with van der Waals surface area (Å²) in [6.07, 6.45) is 2.35. The molecule has 1 aromatic rings. The first-order valence-corrected chi connectivity index (χ1v) is 7.93. The number of likely N-dealkylation sites (tertiary alicyclic amines) is 1. The molecule has 116 valence electrons. The summed E-state index contributed by atoms with van der Waals surface area (Å²) in [5.74, 6) is 0.465. The number of aliphatic hydroxyl groups is 1. The Kier molecular flexibility index (Phi) is 6.30. The molecule has 0 spiro atoms. The number of hydrogen-bond acceptors (Lipinski definition) is 3. The SMILES string of the molecule is O=C(CCN1CCC(CCO)C1)Nc1c(Cl)cccc1Cl. The van der Waals surface area contributed by atoms with Gasteiger partial charge in [-0.25, -0.2) is 0 Å². The second kappa shape index (κ2) is 7.99. The highest BCUT2D eigenvalue weighted by molar-refractivity contribution is 6.39. The van der Waals surface area contributed by atoms with E-state index < -0.39 is 0 Å². The van der Waals surface area contributed by atoms with Crippen LogP contribution in [0.5, 0.6) is 0 Å². The highest BCUT2D eigenvalue weighted by Gasteiger charge is 2.22. The molecule has 0 bridgehead atoms. The van der Waals surface area contributed by atoms with Crippen molar-refractivity contribution < 1.29 is 9.90 Å². The largest absolute Gasteiger partial charge is 0.396 e. The van der Waals surface area contributed by atoms with Crippen molar-refractivity contribution in [1.82, 2.24) is 4.90 Å². The molecule has 1 heterocycles. The van der Waals surface area contributed by atoms with Crippen molar-refractivity contribution in [1.29, 1.82) is 0 Å². The quantitative estimate of drug-likeness (QED) is 0.842. The minimum absolute atomic E-state index is 0.0874. The third kappa shape index (κ3) is 4.85. The summed E-state index contributed by atoms with van der Waals surface area (Å²) in [5.41, 5.74) is 0.477. The highest BCUT2D eigenvalue weighted by atomic mass is 35.5. The fourth-order valence-electron chi connectivity index (χ4n) is 2.61. The molecule has 2 rings (SSSR count). The van der Waals surface area contributed by atoms with E-state index in [1.165, 1.54) is 0 Å². The topological polar surface area (TPSA) is 52.6 Å². The van der Waals surface area contributed by atoms with Gasteiger partial charge in [0, 0.05) is 26.1 Å². The molecule has 4 nitrogen and oxygen atoms in total. The smallest absolute Gasteiger partial charge is 0.225 e. The van der Waals surface area contributed by atoms with Crippen molar-refractivity contribution in [3.63, 3.8) is 0 Å². The Hall–Kier alpha value is -0.810. The molecule has 6 heteroatoms. The van der Waals surface area contributed by atoms with Gasteiger partial charge >= 0.3 is 0 Å². The minimum Gasteiger partial charge on any atom is -0.396 e. The second-order valence-corrected chi connectivity index (χ2v) is 6.18. The van der Waals surface area contributed by atoms with E-state index in [9.17, 15) is 4.79 Å². The summed E-state index contributed by atoms with van der Waals surface area (Å²) in [7, 11) is 0. The van der Waals surface area contributed by atoms with Gasteiger partial charge in [-0.3, -0.25) is 4.79 Å². The molecule has 0 saturated carbocycles. The maximum absolute atomic E-state index is 12.0. The minimum atomic E-state index is -0.0874. The summed E-state index contributed by atoms with van der Waals surface area (Å²) in [4.78, 5) is 14.2. The number of nitrogens with one attached hydrogen (secondary N) is 1. The predicted molar refractivity (Wildman–Crippen MR) is 86.0 cm³/mol. The zero-order chi connectivity index (χ0) is 15.2. The van der Waals surface area contributed by atoms with E-state index in [2.05, 4.69) is 10.2 Å². The Morgan fingerprint density at radius 2 is 2.10 bits per heavy atom. The van der Waals surface area contributed by atoms with Gasteiger partial charge in [0.15, 0.2) is 0 Å². The highest BCUT2D eigenvalue weighted by Crippen LogP contribution is 2.29. The standard InChI is InChI=1S/C15H20Cl2N2O2/c16-12-2-1-3-13(17)15(12)18-14(21)5-8-19-7-4-11(10-19)6-9-20/h1-3,11,20H,4-10H2,(H,18,21). The lowest BCUT2D eigenvalue weighted by molar-refractivity contribution is -0.116. The van der Waals surface area contributed by atoms with Crippen LogP contribution in [0.15, 0.2) is 18.2 Å². The van der Waals surface area contributed by atoms with Crippen molar-refractivity contribution in [3.05, 3.63) is 28.2 Å². The summed E-state index contributed by atoms with van der Waals surface area (Å²) in [6.45, 7) is 2.91. The van der Waals surface area contributed by atoms with E-state index in [1.807, 2.05) is 0 Å². The first-order valence-electron chi connectivity index (χ1n) is 7.17. The molecule has 1 saturated heterocycles. The number of carbonyl (C=O) groups excluding carboxylic acids is 1. The summed E-state index contributed by atoms with van der Waals surface area (Å²) in [5, 5.41) is 12.6. The molecular formula is C15H20Cl2N2O2. The van der Waals surface area contributed by atoms with Gasteiger partial charge in [0.2, 0.25) is 5.91 Å². The van der Waals surface area contributed by atoms with E-state index in [-0.39, 0.29) is 12.5 Å². The number of halogens is 2. The normalized spacial score (nSPS) is 18.9. The van der Waals surface area contributed by atoms with Gasteiger partial charge in [0.05, 0.1) is 15.7 Å². The average Bonchev–Trinajstić information content (AvgIpc) is 2.89. The Bertz CT molecular complexity index is 476. The lowest BCUT2D eigenvalue weighted by Crippen LogP contribution is -2.26. The fraction of sp³-hybridized carbons (Fsp3) is 0.533. The zero-order valence-corrected chi connectivity index (χ0v) is 13.3. The van der Waals surface area contributed by atoms with Crippen LogP contribution >= 0.6 is 23.2 Å². The van der Waals surface area contributed by atoms with Crippen LogP contribution in [-0.2, 0) is 4.79 Å². The Morgan fingerprint density at radius 3 is 2.76 bits per heavy atom. The molecule has 1 unspecified atom stereocenters. The zero-order valence-electron chi connectivity index (χ0n) is 11.8. The van der Waals surface area contributed by atoms with Gasteiger partial charge in [0.1, 0.15) is 0 Å². The van der Waals surface area contributed by atoms with Crippen LogP contribution in [0.4, 0.5) is 5.69 Å². The third-order valence-corrected chi connectivity index (χ3v) is 4.42. The van der Waals surface area contributed by atoms with E-state index in [0.29, 0.717) is 28.1 Å². The lowest BCUT2D eigenvalue weighted by atomic mass is 10.1. The maximum Gasteiger partial charge on any atom is 0.225 e.